The third kappa shape index (κ3) is 3.78. The molecule has 2 nitrogen and oxygen atoms in total. The number of nitrogens with two attached hydrogens (primary N) is 1. The summed E-state index contributed by atoms with van der Waals surface area (Å²) >= 11 is 2.02. The predicted molar refractivity (Wildman–Crippen MR) is 56.0 cm³/mol. The van der Waals surface area contributed by atoms with Crippen LogP contribution >= 0.6 is 11.8 Å². The number of thioether (sulfide) groups is 1. The van der Waals surface area contributed by atoms with E-state index >= 15 is 0 Å². The molecule has 3 N–H and O–H groups in total. The molecule has 0 aromatic rings. The van der Waals surface area contributed by atoms with Crippen LogP contribution in [0.4, 0.5) is 0 Å². The quantitative estimate of drug-likeness (QED) is 0.491. The molecule has 0 saturated heterocycles. The largest absolute Gasteiger partial charge is 0.271 e. The molecular weight excluding hydrogens is 168 g/mol. The van der Waals surface area contributed by atoms with Crippen molar-refractivity contribution >= 4 is 11.8 Å². The Hall–Kier alpha value is 0.270. The van der Waals surface area contributed by atoms with Crippen LogP contribution < -0.4 is 11.3 Å². The van der Waals surface area contributed by atoms with Gasteiger partial charge in [-0.2, -0.15) is 11.8 Å². The van der Waals surface area contributed by atoms with Crippen molar-refractivity contribution in [2.45, 2.75) is 32.7 Å². The van der Waals surface area contributed by atoms with E-state index in [-0.39, 0.29) is 0 Å². The van der Waals surface area contributed by atoms with Crippen molar-refractivity contribution in [2.24, 2.45) is 17.7 Å². The second-order valence-electron chi connectivity index (χ2n) is 4.04. The fourth-order valence-electron chi connectivity index (χ4n) is 1.25. The molecule has 1 aliphatic carbocycles. The van der Waals surface area contributed by atoms with Gasteiger partial charge in [0.05, 0.1) is 0 Å². The van der Waals surface area contributed by atoms with E-state index in [9.17, 15) is 0 Å². The van der Waals surface area contributed by atoms with Gasteiger partial charge in [-0.1, -0.05) is 13.8 Å². The van der Waals surface area contributed by atoms with Gasteiger partial charge in [0, 0.05) is 11.8 Å². The summed E-state index contributed by atoms with van der Waals surface area (Å²) < 4.78 is 0. The molecule has 3 heteroatoms. The zero-order valence-electron chi connectivity index (χ0n) is 8.05. The molecule has 0 aliphatic heterocycles. The number of nitrogens with one attached hydrogen (secondary N) is 1. The summed E-state index contributed by atoms with van der Waals surface area (Å²) in [5.41, 5.74) is 2.92. The van der Waals surface area contributed by atoms with Gasteiger partial charge in [-0.3, -0.25) is 11.3 Å². The smallest absolute Gasteiger partial charge is 0.0329 e. The lowest BCUT2D eigenvalue weighted by Crippen LogP contribution is -2.38. The number of hydrogen-bond acceptors (Lipinski definition) is 3. The van der Waals surface area contributed by atoms with Gasteiger partial charge in [0.25, 0.3) is 0 Å². The van der Waals surface area contributed by atoms with Gasteiger partial charge >= 0.3 is 0 Å². The highest BCUT2D eigenvalue weighted by Crippen LogP contribution is 2.33. The molecule has 1 fully saturated rings. The molecule has 72 valence electrons. The molecule has 0 aromatic heterocycles. The molecule has 0 radical (unpaired) electrons. The van der Waals surface area contributed by atoms with E-state index < -0.39 is 0 Å². The fourth-order valence-corrected chi connectivity index (χ4v) is 2.48. The average molecular weight is 188 g/mol. The molecule has 1 unspecified atom stereocenters. The van der Waals surface area contributed by atoms with Crippen LogP contribution in [-0.4, -0.2) is 17.5 Å². The normalized spacial score (nSPS) is 20.0. The van der Waals surface area contributed by atoms with Crippen LogP contribution in [0.15, 0.2) is 0 Å². The van der Waals surface area contributed by atoms with Gasteiger partial charge in [-0.05, 0) is 30.4 Å². The Labute approximate surface area is 79.6 Å². The molecule has 1 rings (SSSR count). The number of rotatable bonds is 6. The molecule has 0 bridgehead atoms. The molecule has 0 heterocycles. The molecule has 1 atom stereocenters. The zero-order valence-corrected chi connectivity index (χ0v) is 8.86. The van der Waals surface area contributed by atoms with Crippen molar-refractivity contribution in [1.82, 2.24) is 5.43 Å². The van der Waals surface area contributed by atoms with Crippen LogP contribution in [0.2, 0.25) is 0 Å². The van der Waals surface area contributed by atoms with Gasteiger partial charge in [0.1, 0.15) is 0 Å². The lowest BCUT2D eigenvalue weighted by molar-refractivity contribution is 0.520. The summed E-state index contributed by atoms with van der Waals surface area (Å²) in [6.45, 7) is 4.52. The summed E-state index contributed by atoms with van der Waals surface area (Å²) in [7, 11) is 0. The van der Waals surface area contributed by atoms with Crippen molar-refractivity contribution in [2.75, 3.05) is 11.5 Å². The van der Waals surface area contributed by atoms with Gasteiger partial charge in [0.2, 0.25) is 0 Å². The minimum Gasteiger partial charge on any atom is -0.271 e. The summed E-state index contributed by atoms with van der Waals surface area (Å²) in [6, 6.07) is 0.564. The lowest BCUT2D eigenvalue weighted by Gasteiger charge is -2.14. The Morgan fingerprint density at radius 3 is 2.50 bits per heavy atom. The molecule has 0 aromatic carbocycles. The Kier molecular flexibility index (Phi) is 4.40. The molecular formula is C9H20N2S. The molecule has 1 saturated carbocycles. The Balaban J connectivity index is 2.02. The fraction of sp³-hybridized carbons (Fsp3) is 1.00. The van der Waals surface area contributed by atoms with Crippen LogP contribution in [0, 0.1) is 11.8 Å². The van der Waals surface area contributed by atoms with E-state index in [4.69, 9.17) is 5.84 Å². The van der Waals surface area contributed by atoms with Gasteiger partial charge in [-0.15, -0.1) is 0 Å². The van der Waals surface area contributed by atoms with E-state index in [1.54, 1.807) is 0 Å². The first kappa shape index (κ1) is 10.4. The van der Waals surface area contributed by atoms with Gasteiger partial charge in [0.15, 0.2) is 0 Å². The first-order valence-electron chi connectivity index (χ1n) is 4.78. The topological polar surface area (TPSA) is 38.0 Å². The first-order chi connectivity index (χ1) is 5.74. The van der Waals surface area contributed by atoms with Gasteiger partial charge in [-0.25, -0.2) is 0 Å². The van der Waals surface area contributed by atoms with Crippen LogP contribution in [-0.2, 0) is 0 Å². The summed E-state index contributed by atoms with van der Waals surface area (Å²) in [4.78, 5) is 0. The zero-order chi connectivity index (χ0) is 8.97. The van der Waals surface area contributed by atoms with Crippen molar-refractivity contribution in [3.63, 3.8) is 0 Å². The highest BCUT2D eigenvalue weighted by atomic mass is 32.2. The maximum atomic E-state index is 5.47. The minimum atomic E-state index is 0.564. The average Bonchev–Trinajstić information content (AvgIpc) is 2.80. The van der Waals surface area contributed by atoms with Gasteiger partial charge < -0.3 is 0 Å². The first-order valence-corrected chi connectivity index (χ1v) is 5.93. The maximum Gasteiger partial charge on any atom is 0.0329 e. The van der Waals surface area contributed by atoms with Crippen LogP contribution in [0.3, 0.4) is 0 Å². The third-order valence-electron chi connectivity index (χ3n) is 2.15. The van der Waals surface area contributed by atoms with Crippen molar-refractivity contribution in [1.29, 1.82) is 0 Å². The second kappa shape index (κ2) is 5.10. The van der Waals surface area contributed by atoms with Crippen LogP contribution in [0.25, 0.3) is 0 Å². The Morgan fingerprint density at radius 2 is 2.08 bits per heavy atom. The Morgan fingerprint density at radius 1 is 1.42 bits per heavy atom. The second-order valence-corrected chi connectivity index (χ2v) is 5.12. The van der Waals surface area contributed by atoms with Crippen molar-refractivity contribution in [3.05, 3.63) is 0 Å². The molecule has 0 spiro atoms. The third-order valence-corrected chi connectivity index (χ3v) is 3.65. The van der Waals surface area contributed by atoms with Crippen molar-refractivity contribution in [3.8, 4) is 0 Å². The highest BCUT2D eigenvalue weighted by molar-refractivity contribution is 7.99. The monoisotopic (exact) mass is 188 g/mol. The van der Waals surface area contributed by atoms with E-state index in [1.807, 2.05) is 11.8 Å². The summed E-state index contributed by atoms with van der Waals surface area (Å²) in [5, 5.41) is 0. The standard InChI is InChI=1S/C9H20N2S/c1-7(2)5-12-6-9(11-10)8-3-4-8/h7-9,11H,3-6,10H2,1-2H3. The predicted octanol–water partition coefficient (Wildman–Crippen LogP) is 1.62. The van der Waals surface area contributed by atoms with E-state index in [2.05, 4.69) is 19.3 Å². The van der Waals surface area contributed by atoms with Crippen LogP contribution in [0.1, 0.15) is 26.7 Å². The molecule has 1 aliphatic rings. The molecule has 12 heavy (non-hydrogen) atoms. The van der Waals surface area contributed by atoms with Crippen molar-refractivity contribution < 1.29 is 0 Å². The van der Waals surface area contributed by atoms with E-state index in [0.717, 1.165) is 11.8 Å². The SMILES string of the molecule is CC(C)CSCC(NN)C1CC1. The number of hydrazine groups is 1. The number of hydrogen-bond donors (Lipinski definition) is 2. The highest BCUT2D eigenvalue weighted by Gasteiger charge is 2.29. The maximum absolute atomic E-state index is 5.47. The lowest BCUT2D eigenvalue weighted by atomic mass is 10.2. The summed E-state index contributed by atoms with van der Waals surface area (Å²) in [5.74, 6) is 9.57. The summed E-state index contributed by atoms with van der Waals surface area (Å²) in [6.07, 6.45) is 2.74. The van der Waals surface area contributed by atoms with Crippen LogP contribution in [0.5, 0.6) is 0 Å². The Bertz CT molecular complexity index is 124. The minimum absolute atomic E-state index is 0.564. The van der Waals surface area contributed by atoms with E-state index in [0.29, 0.717) is 6.04 Å². The molecule has 0 amide bonds. The van der Waals surface area contributed by atoms with E-state index in [1.165, 1.54) is 24.3 Å².